The van der Waals surface area contributed by atoms with Crippen molar-refractivity contribution < 1.29 is 4.79 Å². The van der Waals surface area contributed by atoms with Crippen LogP contribution >= 0.6 is 15.9 Å². The average molecular weight is 320 g/mol. The molecule has 0 spiro atoms. The zero-order chi connectivity index (χ0) is 13.7. The highest BCUT2D eigenvalue weighted by Gasteiger charge is 2.15. The third kappa shape index (κ3) is 3.80. The second kappa shape index (κ2) is 6.71. The van der Waals surface area contributed by atoms with Crippen LogP contribution in [0.5, 0.6) is 0 Å². The SMILES string of the molecule is CCCC(Br)C(=O)c1ccc(Cc2ccc[nH]2)cc1. The molecular formula is C16H18BrNO. The summed E-state index contributed by atoms with van der Waals surface area (Å²) in [5.74, 6) is 0.174. The van der Waals surface area contributed by atoms with Crippen molar-refractivity contribution in [2.45, 2.75) is 31.0 Å². The molecular weight excluding hydrogens is 302 g/mol. The lowest BCUT2D eigenvalue weighted by Crippen LogP contribution is -2.13. The van der Waals surface area contributed by atoms with Gasteiger partial charge in [0.25, 0.3) is 0 Å². The molecule has 100 valence electrons. The number of H-pyrrole nitrogens is 1. The summed E-state index contributed by atoms with van der Waals surface area (Å²) >= 11 is 3.45. The molecule has 0 aliphatic carbocycles. The molecule has 1 unspecified atom stereocenters. The molecule has 3 heteroatoms. The average Bonchev–Trinajstić information content (AvgIpc) is 2.92. The Bertz CT molecular complexity index is 516. The highest BCUT2D eigenvalue weighted by molar-refractivity contribution is 9.10. The number of benzene rings is 1. The molecule has 0 saturated carbocycles. The van der Waals surface area contributed by atoms with E-state index in [0.717, 1.165) is 24.8 Å². The van der Waals surface area contributed by atoms with Gasteiger partial charge in [-0.2, -0.15) is 0 Å². The summed E-state index contributed by atoms with van der Waals surface area (Å²) in [4.78, 5) is 15.2. The number of hydrogen-bond acceptors (Lipinski definition) is 1. The number of ketones is 1. The van der Waals surface area contributed by atoms with Crippen LogP contribution in [0.1, 0.15) is 41.4 Å². The van der Waals surface area contributed by atoms with E-state index in [-0.39, 0.29) is 10.6 Å². The van der Waals surface area contributed by atoms with Crippen molar-refractivity contribution in [2.24, 2.45) is 0 Å². The smallest absolute Gasteiger partial charge is 0.176 e. The molecule has 0 radical (unpaired) electrons. The zero-order valence-electron chi connectivity index (χ0n) is 11.0. The second-order valence-electron chi connectivity index (χ2n) is 4.69. The van der Waals surface area contributed by atoms with Crippen molar-refractivity contribution in [3.05, 3.63) is 59.4 Å². The van der Waals surface area contributed by atoms with Gasteiger partial charge in [-0.1, -0.05) is 53.5 Å². The van der Waals surface area contributed by atoms with Gasteiger partial charge in [-0.05, 0) is 24.1 Å². The van der Waals surface area contributed by atoms with Crippen LogP contribution in [-0.4, -0.2) is 15.6 Å². The van der Waals surface area contributed by atoms with Crippen molar-refractivity contribution in [3.8, 4) is 0 Å². The van der Waals surface area contributed by atoms with E-state index in [1.807, 2.05) is 36.5 Å². The van der Waals surface area contributed by atoms with Crippen molar-refractivity contribution in [1.82, 2.24) is 4.98 Å². The van der Waals surface area contributed by atoms with Gasteiger partial charge in [0.05, 0.1) is 4.83 Å². The molecule has 0 fully saturated rings. The quantitative estimate of drug-likeness (QED) is 0.623. The summed E-state index contributed by atoms with van der Waals surface area (Å²) in [6.45, 7) is 2.08. The summed E-state index contributed by atoms with van der Waals surface area (Å²) in [5, 5.41) is 0. The Morgan fingerprint density at radius 1 is 1.26 bits per heavy atom. The molecule has 0 amide bonds. The molecule has 1 heterocycles. The van der Waals surface area contributed by atoms with Gasteiger partial charge in [-0.25, -0.2) is 0 Å². The number of Topliss-reactive ketones (excluding diaryl/α,β-unsaturated/α-hetero) is 1. The van der Waals surface area contributed by atoms with Crippen LogP contribution < -0.4 is 0 Å². The van der Waals surface area contributed by atoms with Gasteiger partial charge in [0.15, 0.2) is 5.78 Å². The van der Waals surface area contributed by atoms with E-state index in [1.54, 1.807) is 0 Å². The van der Waals surface area contributed by atoms with Gasteiger partial charge in [0.2, 0.25) is 0 Å². The third-order valence-electron chi connectivity index (χ3n) is 3.12. The topological polar surface area (TPSA) is 32.9 Å². The van der Waals surface area contributed by atoms with Crippen LogP contribution in [0.15, 0.2) is 42.6 Å². The Morgan fingerprint density at radius 2 is 2.00 bits per heavy atom. The summed E-state index contributed by atoms with van der Waals surface area (Å²) < 4.78 is 0. The lowest BCUT2D eigenvalue weighted by Gasteiger charge is -2.08. The predicted octanol–water partition coefficient (Wildman–Crippen LogP) is 4.35. The van der Waals surface area contributed by atoms with Crippen LogP contribution in [0.25, 0.3) is 0 Å². The maximum Gasteiger partial charge on any atom is 0.176 e. The molecule has 2 nitrogen and oxygen atoms in total. The largest absolute Gasteiger partial charge is 0.365 e. The minimum absolute atomic E-state index is 0.0632. The summed E-state index contributed by atoms with van der Waals surface area (Å²) in [5.41, 5.74) is 3.18. The first kappa shape index (κ1) is 14.1. The van der Waals surface area contributed by atoms with Gasteiger partial charge in [-0.3, -0.25) is 4.79 Å². The first-order valence-electron chi connectivity index (χ1n) is 6.60. The van der Waals surface area contributed by atoms with Crippen LogP contribution in [-0.2, 0) is 6.42 Å². The van der Waals surface area contributed by atoms with Crippen molar-refractivity contribution in [2.75, 3.05) is 0 Å². The number of halogens is 1. The van der Waals surface area contributed by atoms with Crippen molar-refractivity contribution >= 4 is 21.7 Å². The summed E-state index contributed by atoms with van der Waals surface area (Å²) in [7, 11) is 0. The predicted molar refractivity (Wildman–Crippen MR) is 82.0 cm³/mol. The monoisotopic (exact) mass is 319 g/mol. The van der Waals surface area contributed by atoms with Crippen LogP contribution in [0.4, 0.5) is 0 Å². The molecule has 1 N–H and O–H groups in total. The lowest BCUT2D eigenvalue weighted by molar-refractivity contribution is 0.0988. The molecule has 2 rings (SSSR count). The van der Waals surface area contributed by atoms with Crippen LogP contribution in [0.3, 0.4) is 0 Å². The van der Waals surface area contributed by atoms with Gasteiger partial charge < -0.3 is 4.98 Å². The third-order valence-corrected chi connectivity index (χ3v) is 4.00. The Balaban J connectivity index is 2.04. The van der Waals surface area contributed by atoms with Crippen molar-refractivity contribution in [1.29, 1.82) is 0 Å². The fourth-order valence-electron chi connectivity index (χ4n) is 2.05. The Kier molecular flexibility index (Phi) is 4.97. The minimum Gasteiger partial charge on any atom is -0.365 e. The lowest BCUT2D eigenvalue weighted by atomic mass is 10.0. The van der Waals surface area contributed by atoms with Gasteiger partial charge in [-0.15, -0.1) is 0 Å². The first-order valence-corrected chi connectivity index (χ1v) is 7.51. The Labute approximate surface area is 122 Å². The summed E-state index contributed by atoms with van der Waals surface area (Å²) in [6, 6.07) is 12.0. The molecule has 0 saturated heterocycles. The standard InChI is InChI=1S/C16H18BrNO/c1-2-4-15(17)16(19)13-8-6-12(7-9-13)11-14-5-3-10-18-14/h3,5-10,15,18H,2,4,11H2,1H3. The molecule has 19 heavy (non-hydrogen) atoms. The Hall–Kier alpha value is -1.35. The van der Waals surface area contributed by atoms with E-state index in [2.05, 4.69) is 33.9 Å². The highest BCUT2D eigenvalue weighted by Crippen LogP contribution is 2.16. The number of aromatic nitrogens is 1. The molecule has 2 aromatic rings. The van der Waals surface area contributed by atoms with Gasteiger partial charge in [0.1, 0.15) is 0 Å². The molecule has 1 aromatic heterocycles. The number of carbonyl (C=O) groups is 1. The molecule has 1 atom stereocenters. The van der Waals surface area contributed by atoms with E-state index >= 15 is 0 Å². The van der Waals surface area contributed by atoms with E-state index in [0.29, 0.717) is 0 Å². The first-order chi connectivity index (χ1) is 9.20. The molecule has 1 aromatic carbocycles. The number of hydrogen-bond donors (Lipinski definition) is 1. The fraction of sp³-hybridized carbons (Fsp3) is 0.312. The number of aromatic amines is 1. The summed E-state index contributed by atoms with van der Waals surface area (Å²) in [6.07, 6.45) is 4.68. The number of nitrogens with one attached hydrogen (secondary N) is 1. The van der Waals surface area contributed by atoms with E-state index in [1.165, 1.54) is 11.3 Å². The van der Waals surface area contributed by atoms with E-state index in [4.69, 9.17) is 0 Å². The minimum atomic E-state index is -0.0632. The van der Waals surface area contributed by atoms with Crippen LogP contribution in [0.2, 0.25) is 0 Å². The van der Waals surface area contributed by atoms with Crippen molar-refractivity contribution in [3.63, 3.8) is 0 Å². The normalized spacial score (nSPS) is 12.3. The van der Waals surface area contributed by atoms with E-state index < -0.39 is 0 Å². The van der Waals surface area contributed by atoms with Crippen LogP contribution in [0, 0.1) is 0 Å². The second-order valence-corrected chi connectivity index (χ2v) is 5.79. The number of carbonyl (C=O) groups excluding carboxylic acids is 1. The Morgan fingerprint density at radius 3 is 2.58 bits per heavy atom. The maximum atomic E-state index is 12.1. The van der Waals surface area contributed by atoms with Gasteiger partial charge in [0, 0.05) is 23.9 Å². The van der Waals surface area contributed by atoms with E-state index in [9.17, 15) is 4.79 Å². The van der Waals surface area contributed by atoms with Gasteiger partial charge >= 0.3 is 0 Å². The molecule has 0 bridgehead atoms. The number of alkyl halides is 1. The maximum absolute atomic E-state index is 12.1. The number of rotatable bonds is 6. The fourth-order valence-corrected chi connectivity index (χ4v) is 2.77. The zero-order valence-corrected chi connectivity index (χ0v) is 12.6. The molecule has 0 aliphatic heterocycles. The highest BCUT2D eigenvalue weighted by atomic mass is 79.9. The molecule has 0 aliphatic rings.